The third-order valence-electron chi connectivity index (χ3n) is 4.10. The maximum atomic E-state index is 13.5. The van der Waals surface area contributed by atoms with Crippen molar-refractivity contribution in [2.75, 3.05) is 5.75 Å². The molecule has 4 rings (SSSR count). The van der Waals surface area contributed by atoms with Crippen molar-refractivity contribution in [2.45, 2.75) is 23.4 Å². The fourth-order valence-corrected chi connectivity index (χ4v) is 4.79. The zero-order valence-electron chi connectivity index (χ0n) is 13.8. The first-order valence-electron chi connectivity index (χ1n) is 7.81. The summed E-state index contributed by atoms with van der Waals surface area (Å²) in [5, 5.41) is 11.7. The molecule has 0 spiro atoms. The van der Waals surface area contributed by atoms with Crippen LogP contribution in [0.3, 0.4) is 0 Å². The molecule has 0 atom stereocenters. The van der Waals surface area contributed by atoms with Gasteiger partial charge in [-0.3, -0.25) is 4.52 Å². The Morgan fingerprint density at radius 3 is 2.79 bits per heavy atom. The van der Waals surface area contributed by atoms with Crippen molar-refractivity contribution in [3.8, 4) is 17.2 Å². The highest BCUT2D eigenvalue weighted by molar-refractivity contribution is 9.10. The Labute approximate surface area is 170 Å². The lowest BCUT2D eigenvalue weighted by Crippen LogP contribution is -2.32. The molecule has 0 saturated heterocycles. The van der Waals surface area contributed by atoms with Crippen molar-refractivity contribution in [3.05, 3.63) is 39.0 Å². The number of aromatic nitrogens is 4. The average Bonchev–Trinajstić information content (AvgIpc) is 3.07. The summed E-state index contributed by atoms with van der Waals surface area (Å²) < 4.78 is 48.7. The van der Waals surface area contributed by atoms with Crippen LogP contribution in [0.15, 0.2) is 41.6 Å². The van der Waals surface area contributed by atoms with Crippen molar-refractivity contribution in [1.82, 2.24) is 24.8 Å². The van der Waals surface area contributed by atoms with Crippen LogP contribution >= 0.6 is 27.7 Å². The highest BCUT2D eigenvalue weighted by Crippen LogP contribution is 2.41. The highest BCUT2D eigenvalue weighted by Gasteiger charge is 2.43. The number of rotatable bonds is 7. The molecule has 0 bridgehead atoms. The van der Waals surface area contributed by atoms with Gasteiger partial charge in [-0.25, -0.2) is 31.5 Å². The number of benzene rings is 1. The van der Waals surface area contributed by atoms with E-state index in [1.807, 2.05) is 0 Å². The summed E-state index contributed by atoms with van der Waals surface area (Å²) in [6.07, 6.45) is 1.42. The highest BCUT2D eigenvalue weighted by atomic mass is 79.9. The lowest BCUT2D eigenvalue weighted by molar-refractivity contribution is 0.299. The topological polar surface area (TPSA) is 133 Å². The second kappa shape index (κ2) is 7.42. The minimum absolute atomic E-state index is 0.0277. The smallest absolute Gasteiger partial charge is 0.295 e. The summed E-state index contributed by atoms with van der Waals surface area (Å²) in [4.78, 5) is 12.2. The second-order valence-corrected chi connectivity index (χ2v) is 8.62. The Balaban J connectivity index is 1.66. The average molecular weight is 492 g/mol. The van der Waals surface area contributed by atoms with Crippen LogP contribution < -0.4 is 10.5 Å². The molecule has 1 aliphatic rings. The Morgan fingerprint density at radius 1 is 1.32 bits per heavy atom. The van der Waals surface area contributed by atoms with Crippen LogP contribution in [0.25, 0.3) is 17.2 Å². The largest absolute Gasteiger partial charge is 0.446 e. The molecule has 28 heavy (non-hydrogen) atoms. The van der Waals surface area contributed by atoms with E-state index in [0.717, 1.165) is 4.57 Å². The molecule has 1 aliphatic carbocycles. The van der Waals surface area contributed by atoms with Gasteiger partial charge in [0.25, 0.3) is 0 Å². The molecule has 1 saturated carbocycles. The summed E-state index contributed by atoms with van der Waals surface area (Å²) in [7, 11) is -2.72. The molecular weight excluding hydrogens is 481 g/mol. The standard InChI is InChI=1S/C14H11BrFN5O5S2/c15-8-5-7(1-2-9(8)16)21-11(18-25-13(21)22)10-12(19-26-17-10)27-6-14(3-4-14)20-28(23)24/h1-2,5,28H,3-4,6H2,(H,20,23,24). The van der Waals surface area contributed by atoms with E-state index in [1.165, 1.54) is 30.0 Å². The number of halogens is 2. The molecule has 1 fully saturated rings. The van der Waals surface area contributed by atoms with Gasteiger partial charge in [-0.1, -0.05) is 16.9 Å². The van der Waals surface area contributed by atoms with E-state index < -0.39 is 28.0 Å². The first kappa shape index (κ1) is 19.3. The van der Waals surface area contributed by atoms with Crippen LogP contribution in [-0.4, -0.2) is 39.7 Å². The van der Waals surface area contributed by atoms with E-state index in [4.69, 9.17) is 9.15 Å². The van der Waals surface area contributed by atoms with Crippen LogP contribution in [-0.2, 0) is 10.9 Å². The Morgan fingerprint density at radius 2 is 2.11 bits per heavy atom. The van der Waals surface area contributed by atoms with Gasteiger partial charge in [0.05, 0.1) is 10.2 Å². The van der Waals surface area contributed by atoms with Crippen LogP contribution in [0.2, 0.25) is 0 Å². The van der Waals surface area contributed by atoms with Gasteiger partial charge in [0, 0.05) is 11.3 Å². The number of nitrogens with zero attached hydrogens (tertiary/aromatic N) is 4. The van der Waals surface area contributed by atoms with Crippen LogP contribution in [0.5, 0.6) is 0 Å². The molecule has 0 unspecified atom stereocenters. The van der Waals surface area contributed by atoms with Gasteiger partial charge in [-0.05, 0) is 57.3 Å². The van der Waals surface area contributed by atoms with Gasteiger partial charge >= 0.3 is 5.76 Å². The summed E-state index contributed by atoms with van der Waals surface area (Å²) in [6.45, 7) is 0. The fraction of sp³-hybridized carbons (Fsp3) is 0.286. The van der Waals surface area contributed by atoms with Crippen molar-refractivity contribution in [3.63, 3.8) is 0 Å². The molecule has 2 aromatic heterocycles. The molecule has 0 radical (unpaired) electrons. The lowest BCUT2D eigenvalue weighted by Gasteiger charge is -2.11. The molecule has 1 aromatic carbocycles. The van der Waals surface area contributed by atoms with Crippen molar-refractivity contribution >= 4 is 38.6 Å². The Bertz CT molecular complexity index is 1160. The van der Waals surface area contributed by atoms with Gasteiger partial charge in [-0.15, -0.1) is 0 Å². The number of thiol groups is 1. The van der Waals surface area contributed by atoms with Crippen molar-refractivity contribution < 1.29 is 22.0 Å². The second-order valence-electron chi connectivity index (χ2n) is 6.06. The zero-order valence-corrected chi connectivity index (χ0v) is 17.1. The van der Waals surface area contributed by atoms with E-state index in [1.54, 1.807) is 0 Å². The van der Waals surface area contributed by atoms with Gasteiger partial charge in [0.2, 0.25) is 16.7 Å². The normalized spacial score (nSPS) is 15.2. The van der Waals surface area contributed by atoms with Gasteiger partial charge < -0.3 is 0 Å². The zero-order chi connectivity index (χ0) is 19.9. The van der Waals surface area contributed by atoms with Crippen LogP contribution in [0.1, 0.15) is 12.8 Å². The molecule has 148 valence electrons. The summed E-state index contributed by atoms with van der Waals surface area (Å²) >= 11 is 4.28. The van der Waals surface area contributed by atoms with E-state index in [2.05, 4.69) is 36.1 Å². The van der Waals surface area contributed by atoms with E-state index in [-0.39, 0.29) is 16.0 Å². The third-order valence-corrected chi connectivity index (χ3v) is 6.61. The fourth-order valence-electron chi connectivity index (χ4n) is 2.50. The Kier molecular flexibility index (Phi) is 5.11. The van der Waals surface area contributed by atoms with Gasteiger partial charge in [0.15, 0.2) is 10.7 Å². The minimum atomic E-state index is -2.72. The molecule has 3 aromatic rings. The molecule has 10 nitrogen and oxygen atoms in total. The molecule has 2 heterocycles. The van der Waals surface area contributed by atoms with Crippen molar-refractivity contribution in [1.29, 1.82) is 0 Å². The number of hydrogen-bond acceptors (Lipinski definition) is 9. The molecule has 1 N–H and O–H groups in total. The number of hydrogen-bond donors (Lipinski definition) is 2. The predicted octanol–water partition coefficient (Wildman–Crippen LogP) is 1.52. The molecule has 0 aliphatic heterocycles. The molecule has 14 heteroatoms. The Hall–Kier alpha value is -2.03. The summed E-state index contributed by atoms with van der Waals surface area (Å²) in [6, 6.07) is 3.97. The quantitative estimate of drug-likeness (QED) is 0.372. The molecule has 0 amide bonds. The molecular formula is C14H11BrFN5O5S2. The first-order chi connectivity index (χ1) is 13.4. The number of nitrogens with one attached hydrogen (secondary N) is 1. The SMILES string of the molecule is O=c1onc(-c2nonc2SCC2(N[SH](=O)=O)CC2)n1-c1ccc(F)c(Br)c1. The number of thioether (sulfide) groups is 1. The van der Waals surface area contributed by atoms with E-state index in [0.29, 0.717) is 29.3 Å². The first-order valence-corrected chi connectivity index (χ1v) is 10.8. The maximum absolute atomic E-state index is 13.5. The third kappa shape index (κ3) is 3.76. The van der Waals surface area contributed by atoms with E-state index in [9.17, 15) is 17.6 Å². The lowest BCUT2D eigenvalue weighted by atomic mass is 10.3. The minimum Gasteiger partial charge on any atom is -0.295 e. The van der Waals surface area contributed by atoms with Crippen LogP contribution in [0, 0.1) is 5.82 Å². The van der Waals surface area contributed by atoms with E-state index >= 15 is 0 Å². The predicted molar refractivity (Wildman–Crippen MR) is 99.2 cm³/mol. The maximum Gasteiger partial charge on any atom is 0.446 e. The summed E-state index contributed by atoms with van der Waals surface area (Å²) in [5.74, 6) is -0.856. The monoisotopic (exact) mass is 491 g/mol. The van der Waals surface area contributed by atoms with Crippen LogP contribution in [0.4, 0.5) is 4.39 Å². The van der Waals surface area contributed by atoms with Gasteiger partial charge in [-0.2, -0.15) is 0 Å². The van der Waals surface area contributed by atoms with Gasteiger partial charge in [0.1, 0.15) is 5.82 Å². The summed E-state index contributed by atoms with van der Waals surface area (Å²) in [5.41, 5.74) is -0.0581. The van der Waals surface area contributed by atoms with Crippen molar-refractivity contribution in [2.24, 2.45) is 0 Å².